The lowest BCUT2D eigenvalue weighted by Gasteiger charge is -2.21. The number of guanidine groups is 1. The SMILES string of the molecule is CN=C(NCc1ncc(C(C)(C)C)o1)NC1CCN(C(=O)C2CCCC2)C1.I. The first-order chi connectivity index (χ1) is 12.9. The standard InChI is InChI=1S/C20H33N5O2.HI/c1-20(2,3)16-11-22-17(27-16)12-23-19(21-4)24-15-9-10-25(13-15)18(26)14-7-5-6-8-14;/h11,14-15H,5-10,12-13H2,1-4H3,(H2,21,23,24);1H. The molecule has 1 unspecified atom stereocenters. The molecule has 1 aromatic heterocycles. The van der Waals surface area contributed by atoms with Crippen molar-refractivity contribution in [3.8, 4) is 0 Å². The third kappa shape index (κ3) is 5.84. The average Bonchev–Trinajstić information content (AvgIpc) is 3.39. The molecule has 2 fully saturated rings. The van der Waals surface area contributed by atoms with E-state index in [-0.39, 0.29) is 41.4 Å². The van der Waals surface area contributed by atoms with E-state index >= 15 is 0 Å². The first kappa shape index (κ1) is 23.0. The van der Waals surface area contributed by atoms with Crippen molar-refractivity contribution >= 4 is 35.8 Å². The van der Waals surface area contributed by atoms with E-state index in [9.17, 15) is 4.79 Å². The number of halogens is 1. The molecule has 1 saturated heterocycles. The molecular weight excluding hydrogens is 469 g/mol. The third-order valence-electron chi connectivity index (χ3n) is 5.47. The van der Waals surface area contributed by atoms with Crippen LogP contribution in [-0.4, -0.2) is 47.9 Å². The zero-order chi connectivity index (χ0) is 19.4. The first-order valence-electron chi connectivity index (χ1n) is 10.1. The van der Waals surface area contributed by atoms with Crippen LogP contribution in [0.2, 0.25) is 0 Å². The lowest BCUT2D eigenvalue weighted by Crippen LogP contribution is -2.45. The highest BCUT2D eigenvalue weighted by Gasteiger charge is 2.32. The normalized spacial score (nSPS) is 20.9. The molecule has 1 aromatic rings. The second-order valence-electron chi connectivity index (χ2n) is 8.69. The lowest BCUT2D eigenvalue weighted by molar-refractivity contribution is -0.134. The van der Waals surface area contributed by atoms with Gasteiger partial charge in [0, 0.05) is 37.5 Å². The molecule has 1 amide bonds. The van der Waals surface area contributed by atoms with Gasteiger partial charge in [-0.25, -0.2) is 4.98 Å². The van der Waals surface area contributed by atoms with E-state index < -0.39 is 0 Å². The predicted molar refractivity (Wildman–Crippen MR) is 121 cm³/mol. The second kappa shape index (κ2) is 9.93. The van der Waals surface area contributed by atoms with Crippen LogP contribution in [0.25, 0.3) is 0 Å². The Kier molecular flexibility index (Phi) is 8.15. The van der Waals surface area contributed by atoms with Crippen molar-refractivity contribution < 1.29 is 9.21 Å². The maximum atomic E-state index is 12.6. The Hall–Kier alpha value is -1.32. The highest BCUT2D eigenvalue weighted by molar-refractivity contribution is 14.0. The Balaban J connectivity index is 0.00000280. The average molecular weight is 503 g/mol. The van der Waals surface area contributed by atoms with Crippen molar-refractivity contribution in [1.82, 2.24) is 20.5 Å². The minimum absolute atomic E-state index is 0. The first-order valence-corrected chi connectivity index (χ1v) is 10.1. The van der Waals surface area contributed by atoms with Crippen molar-refractivity contribution in [2.45, 2.75) is 70.9 Å². The Morgan fingerprint density at radius 1 is 1.32 bits per heavy atom. The van der Waals surface area contributed by atoms with Crippen LogP contribution in [-0.2, 0) is 16.8 Å². The number of likely N-dealkylation sites (tertiary alicyclic amines) is 1. The Bertz CT molecular complexity index is 676. The quantitative estimate of drug-likeness (QED) is 0.375. The van der Waals surface area contributed by atoms with Gasteiger partial charge in [-0.05, 0) is 19.3 Å². The summed E-state index contributed by atoms with van der Waals surface area (Å²) in [6.45, 7) is 8.37. The topological polar surface area (TPSA) is 82.8 Å². The van der Waals surface area contributed by atoms with Crippen LogP contribution in [0.5, 0.6) is 0 Å². The van der Waals surface area contributed by atoms with Gasteiger partial charge in [0.15, 0.2) is 5.96 Å². The maximum absolute atomic E-state index is 12.6. The van der Waals surface area contributed by atoms with E-state index in [2.05, 4.69) is 41.4 Å². The van der Waals surface area contributed by atoms with E-state index in [4.69, 9.17) is 4.42 Å². The number of aliphatic imine (C=N–C) groups is 1. The summed E-state index contributed by atoms with van der Waals surface area (Å²) in [6, 6.07) is 0.233. The summed E-state index contributed by atoms with van der Waals surface area (Å²) >= 11 is 0. The molecule has 1 aliphatic carbocycles. The minimum atomic E-state index is -0.0513. The molecule has 7 nitrogen and oxygen atoms in total. The van der Waals surface area contributed by atoms with Crippen LogP contribution in [0.1, 0.15) is 64.5 Å². The number of rotatable bonds is 4. The van der Waals surface area contributed by atoms with Gasteiger partial charge in [0.25, 0.3) is 0 Å². The maximum Gasteiger partial charge on any atom is 0.225 e. The van der Waals surface area contributed by atoms with Crippen LogP contribution in [0.3, 0.4) is 0 Å². The molecule has 2 heterocycles. The molecule has 8 heteroatoms. The molecule has 0 aromatic carbocycles. The van der Waals surface area contributed by atoms with Gasteiger partial charge in [0.2, 0.25) is 11.8 Å². The van der Waals surface area contributed by atoms with Crippen LogP contribution in [0.4, 0.5) is 0 Å². The van der Waals surface area contributed by atoms with Crippen LogP contribution in [0.15, 0.2) is 15.6 Å². The lowest BCUT2D eigenvalue weighted by atomic mass is 9.94. The van der Waals surface area contributed by atoms with Gasteiger partial charge in [-0.3, -0.25) is 9.79 Å². The summed E-state index contributed by atoms with van der Waals surface area (Å²) in [5.41, 5.74) is -0.0513. The van der Waals surface area contributed by atoms with E-state index in [0.717, 1.165) is 38.1 Å². The highest BCUT2D eigenvalue weighted by Crippen LogP contribution is 2.28. The number of nitrogens with one attached hydrogen (secondary N) is 2. The van der Waals surface area contributed by atoms with Gasteiger partial charge in [-0.2, -0.15) is 0 Å². The smallest absolute Gasteiger partial charge is 0.225 e. The summed E-state index contributed by atoms with van der Waals surface area (Å²) in [6.07, 6.45) is 7.25. The summed E-state index contributed by atoms with van der Waals surface area (Å²) < 4.78 is 5.81. The number of carbonyl (C=O) groups is 1. The minimum Gasteiger partial charge on any atom is -0.443 e. The van der Waals surface area contributed by atoms with E-state index in [1.807, 2.05) is 4.90 Å². The summed E-state index contributed by atoms with van der Waals surface area (Å²) in [5, 5.41) is 6.68. The van der Waals surface area contributed by atoms with Gasteiger partial charge in [-0.1, -0.05) is 33.6 Å². The van der Waals surface area contributed by atoms with Crippen molar-refractivity contribution in [3.63, 3.8) is 0 Å². The number of aromatic nitrogens is 1. The number of oxazole rings is 1. The fraction of sp³-hybridized carbons (Fsp3) is 0.750. The molecule has 2 aliphatic rings. The van der Waals surface area contributed by atoms with E-state index in [1.54, 1.807) is 13.2 Å². The number of carbonyl (C=O) groups excluding carboxylic acids is 1. The zero-order valence-corrected chi connectivity index (χ0v) is 19.8. The summed E-state index contributed by atoms with van der Waals surface area (Å²) in [5.74, 6) is 2.83. The molecule has 0 bridgehead atoms. The Labute approximate surface area is 185 Å². The highest BCUT2D eigenvalue weighted by atomic mass is 127. The number of amides is 1. The van der Waals surface area contributed by atoms with Crippen molar-refractivity contribution in [3.05, 3.63) is 17.8 Å². The van der Waals surface area contributed by atoms with Gasteiger partial charge < -0.3 is 20.0 Å². The molecule has 0 radical (unpaired) electrons. The fourth-order valence-corrected chi connectivity index (χ4v) is 3.80. The molecule has 1 aliphatic heterocycles. The van der Waals surface area contributed by atoms with E-state index in [1.165, 1.54) is 12.8 Å². The van der Waals surface area contributed by atoms with Gasteiger partial charge >= 0.3 is 0 Å². The zero-order valence-electron chi connectivity index (χ0n) is 17.5. The molecule has 158 valence electrons. The van der Waals surface area contributed by atoms with Gasteiger partial charge in [0.1, 0.15) is 5.76 Å². The molecule has 0 spiro atoms. The summed E-state index contributed by atoms with van der Waals surface area (Å²) in [4.78, 5) is 23.2. The molecule has 28 heavy (non-hydrogen) atoms. The Morgan fingerprint density at radius 3 is 2.64 bits per heavy atom. The van der Waals surface area contributed by atoms with E-state index in [0.29, 0.717) is 24.3 Å². The van der Waals surface area contributed by atoms with Crippen LogP contribution in [0, 0.1) is 5.92 Å². The molecule has 2 N–H and O–H groups in total. The van der Waals surface area contributed by atoms with Gasteiger partial charge in [-0.15, -0.1) is 24.0 Å². The van der Waals surface area contributed by atoms with Crippen LogP contribution >= 0.6 is 24.0 Å². The monoisotopic (exact) mass is 503 g/mol. The van der Waals surface area contributed by atoms with Crippen molar-refractivity contribution in [2.75, 3.05) is 20.1 Å². The number of hydrogen-bond donors (Lipinski definition) is 2. The largest absolute Gasteiger partial charge is 0.443 e. The van der Waals surface area contributed by atoms with Gasteiger partial charge in [0.05, 0.1) is 12.7 Å². The second-order valence-corrected chi connectivity index (χ2v) is 8.69. The predicted octanol–water partition coefficient (Wildman–Crippen LogP) is 3.05. The van der Waals surface area contributed by atoms with Crippen molar-refractivity contribution in [1.29, 1.82) is 0 Å². The summed E-state index contributed by atoms with van der Waals surface area (Å²) in [7, 11) is 1.75. The molecular formula is C20H34IN5O2. The number of hydrogen-bond acceptors (Lipinski definition) is 4. The third-order valence-corrected chi connectivity index (χ3v) is 5.47. The fourth-order valence-electron chi connectivity index (χ4n) is 3.80. The molecule has 1 saturated carbocycles. The van der Waals surface area contributed by atoms with Crippen molar-refractivity contribution in [2.24, 2.45) is 10.9 Å². The molecule has 3 rings (SSSR count). The van der Waals surface area contributed by atoms with Crippen LogP contribution < -0.4 is 10.6 Å². The number of nitrogens with zero attached hydrogens (tertiary/aromatic N) is 3. The molecule has 1 atom stereocenters. The Morgan fingerprint density at radius 2 is 2.04 bits per heavy atom.